The molecule has 14 heavy (non-hydrogen) atoms. The number of hydrogen-bond donors (Lipinski definition) is 0. The molecule has 0 N–H and O–H groups in total. The van der Waals surface area contributed by atoms with Crippen LogP contribution >= 0.6 is 11.8 Å². The van der Waals surface area contributed by atoms with E-state index < -0.39 is 0 Å². The number of carbonyl (C=O) groups excluding carboxylic acids is 1. The summed E-state index contributed by atoms with van der Waals surface area (Å²) >= 11 is 1.25. The molecule has 70 valence electrons. The van der Waals surface area contributed by atoms with Crippen LogP contribution in [0.15, 0.2) is 41.6 Å². The first-order valence-corrected chi connectivity index (χ1v) is 5.09. The molecule has 1 aromatic heterocycles. The topological polar surface area (TPSA) is 30.0 Å². The van der Waals surface area contributed by atoms with Crippen molar-refractivity contribution in [2.75, 3.05) is 0 Å². The van der Waals surface area contributed by atoms with E-state index in [9.17, 15) is 4.79 Å². The summed E-state index contributed by atoms with van der Waals surface area (Å²) < 4.78 is 0. The van der Waals surface area contributed by atoms with Gasteiger partial charge >= 0.3 is 0 Å². The van der Waals surface area contributed by atoms with Crippen molar-refractivity contribution in [2.45, 2.75) is 11.8 Å². The van der Waals surface area contributed by atoms with E-state index in [1.807, 2.05) is 30.5 Å². The lowest BCUT2D eigenvalue weighted by atomic mass is 10.2. The molecule has 0 saturated carbocycles. The van der Waals surface area contributed by atoms with Crippen molar-refractivity contribution in [1.82, 2.24) is 4.98 Å². The van der Waals surface area contributed by atoms with Crippen molar-refractivity contribution >= 4 is 27.6 Å². The van der Waals surface area contributed by atoms with Crippen molar-refractivity contribution in [3.05, 3.63) is 36.7 Å². The summed E-state index contributed by atoms with van der Waals surface area (Å²) in [6.45, 7) is 1.57. The van der Waals surface area contributed by atoms with Gasteiger partial charge < -0.3 is 0 Å². The third-order valence-corrected chi connectivity index (χ3v) is 2.65. The Morgan fingerprint density at radius 2 is 2.14 bits per heavy atom. The number of rotatable bonds is 1. The Hall–Kier alpha value is -1.35. The zero-order valence-electron chi connectivity index (χ0n) is 7.73. The van der Waals surface area contributed by atoms with Crippen molar-refractivity contribution in [2.24, 2.45) is 0 Å². The van der Waals surface area contributed by atoms with Gasteiger partial charge in [-0.3, -0.25) is 9.78 Å². The minimum atomic E-state index is 0.110. The monoisotopic (exact) mass is 203 g/mol. The summed E-state index contributed by atoms with van der Waals surface area (Å²) in [7, 11) is 0. The minimum Gasteiger partial charge on any atom is -0.287 e. The van der Waals surface area contributed by atoms with Gasteiger partial charge in [0.2, 0.25) is 0 Å². The Kier molecular flexibility index (Phi) is 2.50. The highest BCUT2D eigenvalue weighted by Crippen LogP contribution is 2.23. The number of fused-ring (bicyclic) bond motifs is 1. The van der Waals surface area contributed by atoms with E-state index in [-0.39, 0.29) is 5.12 Å². The van der Waals surface area contributed by atoms with Crippen LogP contribution in [0.4, 0.5) is 0 Å². The maximum atomic E-state index is 10.9. The highest BCUT2D eigenvalue weighted by molar-refractivity contribution is 8.13. The number of hydrogen-bond acceptors (Lipinski definition) is 3. The molecule has 0 bridgehead atoms. The molecule has 0 aliphatic rings. The maximum Gasteiger partial charge on any atom is 0.190 e. The van der Waals surface area contributed by atoms with Gasteiger partial charge in [0, 0.05) is 29.6 Å². The van der Waals surface area contributed by atoms with Crippen molar-refractivity contribution in [1.29, 1.82) is 0 Å². The molecule has 0 aliphatic heterocycles. The van der Waals surface area contributed by atoms with E-state index in [4.69, 9.17) is 0 Å². The molecule has 1 heterocycles. The second-order valence-corrected chi connectivity index (χ2v) is 4.23. The van der Waals surface area contributed by atoms with Crippen LogP contribution in [0.3, 0.4) is 0 Å². The van der Waals surface area contributed by atoms with Gasteiger partial charge in [0.25, 0.3) is 0 Å². The van der Waals surface area contributed by atoms with E-state index in [2.05, 4.69) is 4.98 Å². The second-order valence-electron chi connectivity index (χ2n) is 2.98. The zero-order chi connectivity index (χ0) is 9.97. The molecule has 0 unspecified atom stereocenters. The molecular weight excluding hydrogens is 194 g/mol. The van der Waals surface area contributed by atoms with Gasteiger partial charge in [0.1, 0.15) is 0 Å². The van der Waals surface area contributed by atoms with Crippen LogP contribution in [0, 0.1) is 0 Å². The largest absolute Gasteiger partial charge is 0.287 e. The summed E-state index contributed by atoms with van der Waals surface area (Å²) in [6.07, 6.45) is 3.57. The number of carbonyl (C=O) groups is 1. The number of aromatic nitrogens is 1. The second kappa shape index (κ2) is 3.80. The van der Waals surface area contributed by atoms with Crippen molar-refractivity contribution in [3.8, 4) is 0 Å². The summed E-state index contributed by atoms with van der Waals surface area (Å²) in [5.74, 6) is 0. The molecule has 0 fully saturated rings. The molecule has 2 aromatic rings. The maximum absolute atomic E-state index is 10.9. The zero-order valence-corrected chi connectivity index (χ0v) is 8.54. The van der Waals surface area contributed by atoms with Crippen molar-refractivity contribution in [3.63, 3.8) is 0 Å². The van der Waals surface area contributed by atoms with Crippen LogP contribution in [0.1, 0.15) is 6.92 Å². The normalized spacial score (nSPS) is 10.4. The highest BCUT2D eigenvalue weighted by atomic mass is 32.2. The Morgan fingerprint density at radius 1 is 1.29 bits per heavy atom. The summed E-state index contributed by atoms with van der Waals surface area (Å²) in [5.41, 5.74) is 0. The first-order chi connectivity index (χ1) is 6.75. The Bertz CT molecular complexity index is 481. The number of pyridine rings is 1. The quantitative estimate of drug-likeness (QED) is 0.667. The van der Waals surface area contributed by atoms with E-state index in [1.54, 1.807) is 13.1 Å². The number of thioether (sulfide) groups is 1. The van der Waals surface area contributed by atoms with Gasteiger partial charge in [0.05, 0.1) is 0 Å². The predicted molar refractivity (Wildman–Crippen MR) is 58.3 cm³/mol. The smallest absolute Gasteiger partial charge is 0.190 e. The van der Waals surface area contributed by atoms with E-state index in [0.29, 0.717) is 0 Å². The fourth-order valence-corrected chi connectivity index (χ4v) is 1.94. The van der Waals surface area contributed by atoms with Crippen LogP contribution in [0.25, 0.3) is 10.8 Å². The SMILES string of the molecule is CC(=O)Sc1ccc2cnccc2c1. The van der Waals surface area contributed by atoms with Crippen LogP contribution < -0.4 is 0 Å². The Balaban J connectivity index is 2.46. The molecule has 2 rings (SSSR count). The predicted octanol–water partition coefficient (Wildman–Crippen LogP) is 2.87. The molecule has 0 saturated heterocycles. The fourth-order valence-electron chi connectivity index (χ4n) is 1.29. The van der Waals surface area contributed by atoms with Crippen LogP contribution in [-0.2, 0) is 4.79 Å². The molecule has 0 aliphatic carbocycles. The first kappa shape index (κ1) is 9.21. The van der Waals surface area contributed by atoms with Crippen molar-refractivity contribution < 1.29 is 4.79 Å². The van der Waals surface area contributed by atoms with Gasteiger partial charge in [-0.25, -0.2) is 0 Å². The van der Waals surface area contributed by atoms with Gasteiger partial charge in [-0.15, -0.1) is 0 Å². The standard InChI is InChI=1S/C11H9NOS/c1-8(13)14-11-3-2-10-7-12-5-4-9(10)6-11/h2-7H,1H3. The molecule has 0 atom stereocenters. The van der Waals surface area contributed by atoms with Gasteiger partial charge in [0.15, 0.2) is 5.12 Å². The third kappa shape index (κ3) is 1.93. The lowest BCUT2D eigenvalue weighted by Crippen LogP contribution is -1.81. The molecule has 0 radical (unpaired) electrons. The summed E-state index contributed by atoms with van der Waals surface area (Å²) in [6, 6.07) is 7.87. The summed E-state index contributed by atoms with van der Waals surface area (Å²) in [5, 5.41) is 2.32. The van der Waals surface area contributed by atoms with Gasteiger partial charge in [-0.05, 0) is 23.6 Å². The average Bonchev–Trinajstić information content (AvgIpc) is 2.17. The highest BCUT2D eigenvalue weighted by Gasteiger charge is 1.99. The minimum absolute atomic E-state index is 0.110. The Morgan fingerprint density at radius 3 is 2.93 bits per heavy atom. The van der Waals surface area contributed by atoms with E-state index in [1.165, 1.54) is 11.8 Å². The molecular formula is C11H9NOS. The third-order valence-electron chi connectivity index (χ3n) is 1.87. The fraction of sp³-hybridized carbons (Fsp3) is 0.0909. The lowest BCUT2D eigenvalue weighted by molar-refractivity contribution is -0.109. The lowest BCUT2D eigenvalue weighted by Gasteiger charge is -1.99. The Labute approximate surface area is 86.3 Å². The molecule has 2 nitrogen and oxygen atoms in total. The first-order valence-electron chi connectivity index (χ1n) is 4.28. The van der Waals surface area contributed by atoms with Crippen LogP contribution in [0.5, 0.6) is 0 Å². The van der Waals surface area contributed by atoms with Gasteiger partial charge in [-0.2, -0.15) is 0 Å². The molecule has 0 amide bonds. The summed E-state index contributed by atoms with van der Waals surface area (Å²) in [4.78, 5) is 15.9. The van der Waals surface area contributed by atoms with Crippen LogP contribution in [-0.4, -0.2) is 10.1 Å². The molecule has 1 aromatic carbocycles. The molecule has 0 spiro atoms. The number of benzene rings is 1. The molecule has 3 heteroatoms. The number of nitrogens with zero attached hydrogens (tertiary/aromatic N) is 1. The average molecular weight is 203 g/mol. The van der Waals surface area contributed by atoms with Gasteiger partial charge in [-0.1, -0.05) is 17.8 Å². The van der Waals surface area contributed by atoms with E-state index >= 15 is 0 Å². The van der Waals surface area contributed by atoms with E-state index in [0.717, 1.165) is 15.7 Å². The van der Waals surface area contributed by atoms with Crippen LogP contribution in [0.2, 0.25) is 0 Å².